The van der Waals surface area contributed by atoms with Gasteiger partial charge < -0.3 is 33.9 Å². The van der Waals surface area contributed by atoms with Crippen molar-refractivity contribution < 1.29 is 72.0 Å². The molecule has 22 heteroatoms. The number of ether oxygens (including phenoxy) is 4. The SMILES string of the molecule is CC(C)(C)OC(=O)N1C2CC(C2)C1CN1C(=O)c2ccccc2C1=O.CC(C)(C)OC(=O)N1C2CC(C2)C1CO.CC(C)(C)OC(=O)N1C2CC(C2)[C@H]1CN1C(=O)c2ccccc2C1=O.CC(C)(C)OC(=O)N1C2[CH+]C(C2)[C@@H]1CN1C(=O)c2ccccc2C1=O. The number of hydrogen-bond acceptors (Lipinski definition) is 15. The Hall–Kier alpha value is -8.01. The third-order valence-corrected chi connectivity index (χ3v) is 18.9. The number of benzene rings is 3. The third kappa shape index (κ3) is 12.1. The van der Waals surface area contributed by atoms with E-state index < -0.39 is 22.4 Å². The summed E-state index contributed by atoms with van der Waals surface area (Å²) in [6, 6.07) is 20.7. The maximum atomic E-state index is 12.6. The minimum atomic E-state index is -0.579. The molecule has 0 aromatic heterocycles. The van der Waals surface area contributed by atoms with Crippen molar-refractivity contribution in [2.75, 3.05) is 26.2 Å². The van der Waals surface area contributed by atoms with Gasteiger partial charge in [0, 0.05) is 18.1 Å². The first-order valence-corrected chi connectivity index (χ1v) is 31.6. The van der Waals surface area contributed by atoms with E-state index >= 15 is 0 Å². The minimum Gasteiger partial charge on any atom is -0.444 e. The summed E-state index contributed by atoms with van der Waals surface area (Å²) in [6.07, 6.45) is 7.38. The molecule has 22 nitrogen and oxygen atoms in total. The Balaban J connectivity index is 0.000000125. The van der Waals surface area contributed by atoms with Gasteiger partial charge in [0.1, 0.15) is 40.8 Å². The summed E-state index contributed by atoms with van der Waals surface area (Å²) in [5, 5.41) is 9.23. The summed E-state index contributed by atoms with van der Waals surface area (Å²) < 4.78 is 21.9. The number of aliphatic hydroxyl groups is 1. The zero-order chi connectivity index (χ0) is 65.0. The lowest BCUT2D eigenvalue weighted by atomic mass is 9.83. The van der Waals surface area contributed by atoms with E-state index in [1.807, 2.05) is 83.1 Å². The Morgan fingerprint density at radius 1 is 0.389 bits per heavy atom. The van der Waals surface area contributed by atoms with E-state index in [-0.39, 0.29) is 134 Å². The smallest absolute Gasteiger partial charge is 0.414 e. The molecule has 8 saturated heterocycles. The second-order valence-electron chi connectivity index (χ2n) is 29.6. The average Bonchev–Trinajstić information content (AvgIpc) is 1.68. The highest BCUT2D eigenvalue weighted by Crippen LogP contribution is 2.50. The summed E-state index contributed by atoms with van der Waals surface area (Å²) >= 11 is 0. The van der Waals surface area contributed by atoms with Crippen LogP contribution >= 0.6 is 0 Å². The second-order valence-corrected chi connectivity index (χ2v) is 29.6. The number of amides is 10. The van der Waals surface area contributed by atoms with Crippen molar-refractivity contribution in [2.45, 2.75) is 199 Å². The first-order chi connectivity index (χ1) is 42.2. The van der Waals surface area contributed by atoms with Gasteiger partial charge >= 0.3 is 24.4 Å². The fourth-order valence-electron chi connectivity index (χ4n) is 14.6. The fourth-order valence-corrected chi connectivity index (χ4v) is 14.6. The number of nitrogens with zero attached hydrogens (tertiary/aromatic N) is 7. The number of hydrogen-bond donors (Lipinski definition) is 1. The molecule has 11 heterocycles. The Morgan fingerprint density at radius 2 is 0.622 bits per heavy atom. The molecule has 90 heavy (non-hydrogen) atoms. The molecule has 4 saturated carbocycles. The average molecular weight is 1240 g/mol. The lowest BCUT2D eigenvalue weighted by Crippen LogP contribution is -2.47. The van der Waals surface area contributed by atoms with Crippen LogP contribution in [0.25, 0.3) is 0 Å². The normalized spacial score (nSPS) is 28.4. The first-order valence-electron chi connectivity index (χ1n) is 31.6. The zero-order valence-corrected chi connectivity index (χ0v) is 53.5. The van der Waals surface area contributed by atoms with Crippen LogP contribution in [0.1, 0.15) is 190 Å². The molecule has 10 amide bonds. The van der Waals surface area contributed by atoms with Gasteiger partial charge in [0.25, 0.3) is 35.4 Å². The summed E-state index contributed by atoms with van der Waals surface area (Å²) in [6.45, 7) is 22.8. The zero-order valence-electron chi connectivity index (χ0n) is 53.5. The van der Waals surface area contributed by atoms with Crippen molar-refractivity contribution in [1.29, 1.82) is 0 Å². The molecule has 18 rings (SSSR count). The highest BCUT2D eigenvalue weighted by atomic mass is 16.6. The molecule has 0 spiro atoms. The monoisotopic (exact) mass is 1240 g/mol. The fraction of sp³-hybridized carbons (Fsp3) is 0.574. The van der Waals surface area contributed by atoms with Gasteiger partial charge in [-0.2, -0.15) is 0 Å². The molecule has 3 aromatic carbocycles. The molecule has 12 fully saturated rings. The second kappa shape index (κ2) is 23.3. The highest BCUT2D eigenvalue weighted by molar-refractivity contribution is 6.23. The summed E-state index contributed by atoms with van der Waals surface area (Å²) in [7, 11) is 0. The standard InChI is InChI=1S/2C19H22N2O4.C19H21N2O4.C11H19NO3/c3*1-19(2,3)25-18(24)21-12-8-11(9-12)15(21)10-20-16(22)13-6-4-5-7-14(13)17(20)23;1-11(2,3)15-10(14)12-8-4-7(5-8)9(12)6-13/h2*4-7,11-12,15H,8-10H2,1-3H3;4-8,11-12,15H,9-10H2,1-3H3;7-9,13H,4-6H2,1-3H3/q;;+1;/t11?,12?,15-;;11?,12?,15-;/m1.0./s1. The van der Waals surface area contributed by atoms with Gasteiger partial charge in [-0.1, -0.05) is 36.4 Å². The number of rotatable bonds is 7. The molecule has 11 aliphatic heterocycles. The number of carbonyl (C=O) groups excluding carboxylic acids is 10. The molecule has 0 radical (unpaired) electrons. The van der Waals surface area contributed by atoms with Crippen molar-refractivity contribution in [3.8, 4) is 0 Å². The van der Waals surface area contributed by atoms with Crippen LogP contribution in [-0.2, 0) is 18.9 Å². The van der Waals surface area contributed by atoms with Crippen LogP contribution in [-0.4, -0.2) is 196 Å². The van der Waals surface area contributed by atoms with E-state index in [1.54, 1.807) is 92.4 Å². The first kappa shape index (κ1) is 63.6. The predicted molar refractivity (Wildman–Crippen MR) is 326 cm³/mol. The van der Waals surface area contributed by atoms with Crippen molar-refractivity contribution in [1.82, 2.24) is 34.3 Å². The van der Waals surface area contributed by atoms with E-state index in [2.05, 4.69) is 6.42 Å². The molecule has 8 bridgehead atoms. The van der Waals surface area contributed by atoms with Gasteiger partial charge in [-0.25, -0.2) is 19.2 Å². The van der Waals surface area contributed by atoms with Crippen LogP contribution in [0.15, 0.2) is 72.8 Å². The molecular weight excluding hydrogens is 1150 g/mol. The van der Waals surface area contributed by atoms with E-state index in [0.717, 1.165) is 44.9 Å². The van der Waals surface area contributed by atoms with E-state index in [1.165, 1.54) is 14.7 Å². The van der Waals surface area contributed by atoms with Gasteiger partial charge in [0.15, 0.2) is 6.04 Å². The predicted octanol–water partition coefficient (Wildman–Crippen LogP) is 9.23. The Morgan fingerprint density at radius 3 is 0.878 bits per heavy atom. The van der Waals surface area contributed by atoms with Crippen molar-refractivity contribution in [3.05, 3.63) is 113 Å². The van der Waals surface area contributed by atoms with Crippen molar-refractivity contribution in [2.24, 2.45) is 23.7 Å². The molecular formula is C68H84N7O15+. The van der Waals surface area contributed by atoms with E-state index in [9.17, 15) is 53.1 Å². The topological polar surface area (TPSA) is 251 Å². The molecule has 1 N–H and O–H groups in total. The summed E-state index contributed by atoms with van der Waals surface area (Å²) in [4.78, 5) is 136. The molecule has 15 aliphatic rings. The maximum Gasteiger partial charge on any atom is 0.414 e. The number of fused-ring (bicyclic) bond motifs is 7. The third-order valence-electron chi connectivity index (χ3n) is 18.9. The Bertz CT molecular complexity index is 2990. The van der Waals surface area contributed by atoms with Crippen LogP contribution < -0.4 is 0 Å². The largest absolute Gasteiger partial charge is 0.444 e. The number of carbonyl (C=O) groups is 10. The van der Waals surface area contributed by atoms with E-state index in [4.69, 9.17) is 18.9 Å². The molecule has 4 aliphatic carbocycles. The van der Waals surface area contributed by atoms with Crippen LogP contribution in [0.4, 0.5) is 19.2 Å². The van der Waals surface area contributed by atoms with Crippen molar-refractivity contribution >= 4 is 59.8 Å². The van der Waals surface area contributed by atoms with Crippen LogP contribution in [0.5, 0.6) is 0 Å². The summed E-state index contributed by atoms with van der Waals surface area (Å²) in [5.74, 6) is -0.272. The lowest BCUT2D eigenvalue weighted by molar-refractivity contribution is 0.0141. The molecule has 4 unspecified atom stereocenters. The Labute approximate surface area is 525 Å². The Kier molecular flexibility index (Phi) is 16.5. The summed E-state index contributed by atoms with van der Waals surface area (Å²) in [5.41, 5.74) is 0.491. The minimum absolute atomic E-state index is 0.00940. The van der Waals surface area contributed by atoms with Gasteiger partial charge in [0.05, 0.1) is 84.2 Å². The van der Waals surface area contributed by atoms with Gasteiger partial charge in [0.2, 0.25) is 0 Å². The molecule has 6 atom stereocenters. The van der Waals surface area contributed by atoms with Crippen LogP contribution in [0.2, 0.25) is 0 Å². The maximum absolute atomic E-state index is 12.6. The van der Waals surface area contributed by atoms with Crippen LogP contribution in [0, 0.1) is 30.1 Å². The quantitative estimate of drug-likeness (QED) is 0.131. The lowest BCUT2D eigenvalue weighted by Gasteiger charge is -2.30. The van der Waals surface area contributed by atoms with Gasteiger partial charge in [-0.3, -0.25) is 53.3 Å². The molecule has 3 aromatic rings. The molecule has 480 valence electrons. The van der Waals surface area contributed by atoms with Crippen LogP contribution in [0.3, 0.4) is 0 Å². The highest BCUT2D eigenvalue weighted by Gasteiger charge is 2.64. The van der Waals surface area contributed by atoms with Gasteiger partial charge in [-0.15, -0.1) is 0 Å². The van der Waals surface area contributed by atoms with Gasteiger partial charge in [-0.05, 0) is 176 Å². The number of aliphatic hydroxyl groups excluding tert-OH is 1. The van der Waals surface area contributed by atoms with E-state index in [0.29, 0.717) is 57.2 Å². The van der Waals surface area contributed by atoms with Crippen molar-refractivity contribution in [3.63, 3.8) is 0 Å². The number of imide groups is 3.